The number of fused-ring (bicyclic) bond motifs is 1. The summed E-state index contributed by atoms with van der Waals surface area (Å²) in [6.07, 6.45) is 0. The summed E-state index contributed by atoms with van der Waals surface area (Å²) in [5, 5.41) is 1.74. The van der Waals surface area contributed by atoms with E-state index in [2.05, 4.69) is 0 Å². The van der Waals surface area contributed by atoms with Crippen LogP contribution >= 0.6 is 11.6 Å². The topological polar surface area (TPSA) is 39.2 Å². The second kappa shape index (κ2) is 3.30. The minimum absolute atomic E-state index is 0.0828. The van der Waals surface area contributed by atoms with E-state index in [1.165, 1.54) is 0 Å². The van der Waals surface area contributed by atoms with Crippen molar-refractivity contribution >= 4 is 22.6 Å². The Hall–Kier alpha value is -0.990. The highest BCUT2D eigenvalue weighted by atomic mass is 35.5. The number of benzene rings is 1. The largest absolute Gasteiger partial charge is 0.459 e. The Labute approximate surface area is 87.6 Å². The first kappa shape index (κ1) is 9.56. The molecular formula is C11H12ClNO. The normalized spacial score (nSPS) is 13.4. The zero-order valence-corrected chi connectivity index (χ0v) is 8.93. The summed E-state index contributed by atoms with van der Waals surface area (Å²) in [4.78, 5) is 0. The van der Waals surface area contributed by atoms with Crippen molar-refractivity contribution in [3.8, 4) is 0 Å². The highest BCUT2D eigenvalue weighted by Gasteiger charge is 2.09. The Balaban J connectivity index is 2.70. The first-order chi connectivity index (χ1) is 6.58. The monoisotopic (exact) mass is 209 g/mol. The predicted octanol–water partition coefficient (Wildman–Crippen LogP) is 3.41. The van der Waals surface area contributed by atoms with Gasteiger partial charge in [-0.15, -0.1) is 0 Å². The van der Waals surface area contributed by atoms with Gasteiger partial charge in [0.05, 0.1) is 6.04 Å². The van der Waals surface area contributed by atoms with Crippen LogP contribution in [0.2, 0.25) is 5.02 Å². The van der Waals surface area contributed by atoms with Crippen LogP contribution in [0.4, 0.5) is 0 Å². The van der Waals surface area contributed by atoms with E-state index >= 15 is 0 Å². The fourth-order valence-corrected chi connectivity index (χ4v) is 1.81. The molecule has 0 bridgehead atoms. The molecule has 0 aliphatic carbocycles. The first-order valence-electron chi connectivity index (χ1n) is 4.53. The van der Waals surface area contributed by atoms with Gasteiger partial charge in [-0.2, -0.15) is 0 Å². The van der Waals surface area contributed by atoms with E-state index in [9.17, 15) is 0 Å². The van der Waals surface area contributed by atoms with Crippen LogP contribution in [0.3, 0.4) is 0 Å². The van der Waals surface area contributed by atoms with Gasteiger partial charge in [0.2, 0.25) is 0 Å². The van der Waals surface area contributed by atoms with Gasteiger partial charge in [0.1, 0.15) is 11.3 Å². The molecule has 0 fully saturated rings. The van der Waals surface area contributed by atoms with Gasteiger partial charge in [-0.1, -0.05) is 11.6 Å². The predicted molar refractivity (Wildman–Crippen MR) is 58.6 cm³/mol. The van der Waals surface area contributed by atoms with E-state index in [4.69, 9.17) is 21.8 Å². The highest BCUT2D eigenvalue weighted by molar-refractivity contribution is 6.31. The molecule has 14 heavy (non-hydrogen) atoms. The molecule has 0 aliphatic rings. The van der Waals surface area contributed by atoms with Crippen molar-refractivity contribution in [3.05, 3.63) is 34.5 Å². The molecule has 74 valence electrons. The molecule has 0 amide bonds. The van der Waals surface area contributed by atoms with Crippen LogP contribution in [-0.2, 0) is 0 Å². The van der Waals surface area contributed by atoms with Crippen molar-refractivity contribution < 1.29 is 4.42 Å². The first-order valence-corrected chi connectivity index (χ1v) is 4.91. The van der Waals surface area contributed by atoms with Crippen LogP contribution in [-0.4, -0.2) is 0 Å². The van der Waals surface area contributed by atoms with Crippen LogP contribution in [0.1, 0.15) is 24.3 Å². The summed E-state index contributed by atoms with van der Waals surface area (Å²) in [6.45, 7) is 3.87. The standard InChI is InChI=1S/C11H12ClNO/c1-6-3-9(12)4-8-5-10(7(2)13)14-11(6)8/h3-5,7H,13H2,1-2H3. The number of nitrogens with two attached hydrogens (primary N) is 1. The second-order valence-corrected chi connectivity index (χ2v) is 4.01. The Morgan fingerprint density at radius 3 is 2.71 bits per heavy atom. The van der Waals surface area contributed by atoms with Crippen molar-refractivity contribution in [2.24, 2.45) is 5.73 Å². The number of hydrogen-bond donors (Lipinski definition) is 1. The fourth-order valence-electron chi connectivity index (χ4n) is 1.53. The quantitative estimate of drug-likeness (QED) is 0.782. The smallest absolute Gasteiger partial charge is 0.137 e. The maximum absolute atomic E-state index is 5.94. The van der Waals surface area contributed by atoms with Crippen LogP contribution in [0.15, 0.2) is 22.6 Å². The maximum Gasteiger partial charge on any atom is 0.137 e. The average Bonchev–Trinajstić information content (AvgIpc) is 2.47. The molecule has 0 saturated heterocycles. The lowest BCUT2D eigenvalue weighted by molar-refractivity contribution is 0.511. The number of halogens is 1. The van der Waals surface area contributed by atoms with E-state index in [0.29, 0.717) is 0 Å². The molecule has 2 N–H and O–H groups in total. The molecule has 1 aromatic carbocycles. The Morgan fingerprint density at radius 2 is 2.07 bits per heavy atom. The van der Waals surface area contributed by atoms with Crippen molar-refractivity contribution in [2.45, 2.75) is 19.9 Å². The third-order valence-corrected chi connectivity index (χ3v) is 2.45. The molecule has 1 aromatic heterocycles. The van der Waals surface area contributed by atoms with Gasteiger partial charge in [-0.05, 0) is 37.6 Å². The lowest BCUT2D eigenvalue weighted by Crippen LogP contribution is -2.02. The SMILES string of the molecule is Cc1cc(Cl)cc2cc(C(C)N)oc12. The van der Waals surface area contributed by atoms with Crippen LogP contribution in [0.25, 0.3) is 11.0 Å². The van der Waals surface area contributed by atoms with Gasteiger partial charge in [-0.3, -0.25) is 0 Å². The van der Waals surface area contributed by atoms with E-state index in [0.717, 1.165) is 27.3 Å². The lowest BCUT2D eigenvalue weighted by atomic mass is 10.1. The average molecular weight is 210 g/mol. The molecule has 2 rings (SSSR count). The molecule has 2 nitrogen and oxygen atoms in total. The molecule has 0 saturated carbocycles. The molecular weight excluding hydrogens is 198 g/mol. The Morgan fingerprint density at radius 1 is 1.36 bits per heavy atom. The number of furan rings is 1. The molecule has 0 aliphatic heterocycles. The molecule has 2 aromatic rings. The highest BCUT2D eigenvalue weighted by Crippen LogP contribution is 2.28. The Bertz CT molecular complexity index is 473. The molecule has 0 radical (unpaired) electrons. The summed E-state index contributed by atoms with van der Waals surface area (Å²) in [7, 11) is 0. The third-order valence-electron chi connectivity index (χ3n) is 2.23. The van der Waals surface area contributed by atoms with Crippen molar-refractivity contribution in [1.29, 1.82) is 0 Å². The number of aryl methyl sites for hydroxylation is 1. The summed E-state index contributed by atoms with van der Waals surface area (Å²) in [5.74, 6) is 0.797. The van der Waals surface area contributed by atoms with Gasteiger partial charge in [0.15, 0.2) is 0 Å². The molecule has 3 heteroatoms. The van der Waals surface area contributed by atoms with E-state index in [1.807, 2.05) is 32.0 Å². The summed E-state index contributed by atoms with van der Waals surface area (Å²) >= 11 is 5.94. The van der Waals surface area contributed by atoms with E-state index < -0.39 is 0 Å². The zero-order valence-electron chi connectivity index (χ0n) is 8.17. The second-order valence-electron chi connectivity index (χ2n) is 3.58. The minimum atomic E-state index is -0.0828. The molecule has 1 heterocycles. The fraction of sp³-hybridized carbons (Fsp3) is 0.273. The van der Waals surface area contributed by atoms with Gasteiger partial charge >= 0.3 is 0 Å². The molecule has 0 spiro atoms. The van der Waals surface area contributed by atoms with E-state index in [1.54, 1.807) is 0 Å². The zero-order chi connectivity index (χ0) is 10.3. The summed E-state index contributed by atoms with van der Waals surface area (Å²) < 4.78 is 5.63. The Kier molecular flexibility index (Phi) is 2.25. The van der Waals surface area contributed by atoms with Gasteiger partial charge < -0.3 is 10.2 Å². The van der Waals surface area contributed by atoms with Crippen LogP contribution in [0, 0.1) is 6.92 Å². The number of rotatable bonds is 1. The van der Waals surface area contributed by atoms with Gasteiger partial charge in [-0.25, -0.2) is 0 Å². The van der Waals surface area contributed by atoms with Crippen molar-refractivity contribution in [1.82, 2.24) is 0 Å². The minimum Gasteiger partial charge on any atom is -0.459 e. The number of hydrogen-bond acceptors (Lipinski definition) is 2. The molecule has 1 unspecified atom stereocenters. The summed E-state index contributed by atoms with van der Waals surface area (Å²) in [6, 6.07) is 5.64. The van der Waals surface area contributed by atoms with Crippen LogP contribution < -0.4 is 5.73 Å². The van der Waals surface area contributed by atoms with Crippen molar-refractivity contribution in [3.63, 3.8) is 0 Å². The molecule has 1 atom stereocenters. The van der Waals surface area contributed by atoms with Crippen LogP contribution in [0.5, 0.6) is 0 Å². The van der Waals surface area contributed by atoms with Gasteiger partial charge in [0, 0.05) is 10.4 Å². The third kappa shape index (κ3) is 1.51. The van der Waals surface area contributed by atoms with E-state index in [-0.39, 0.29) is 6.04 Å². The van der Waals surface area contributed by atoms with Gasteiger partial charge in [0.25, 0.3) is 0 Å². The lowest BCUT2D eigenvalue weighted by Gasteiger charge is -1.97. The maximum atomic E-state index is 5.94. The summed E-state index contributed by atoms with van der Waals surface area (Å²) in [5.41, 5.74) is 7.66. The van der Waals surface area contributed by atoms with Crippen molar-refractivity contribution in [2.75, 3.05) is 0 Å².